The summed E-state index contributed by atoms with van der Waals surface area (Å²) in [6, 6.07) is 3.51. The molecule has 23 heavy (non-hydrogen) atoms. The van der Waals surface area contributed by atoms with E-state index < -0.39 is 0 Å². The third kappa shape index (κ3) is 3.69. The first-order valence-corrected chi connectivity index (χ1v) is 7.67. The number of nitrogens with zero attached hydrogens (tertiary/aromatic N) is 4. The number of nitrogens with one attached hydrogen (secondary N) is 2. The third-order valence-corrected chi connectivity index (χ3v) is 3.57. The van der Waals surface area contributed by atoms with Crippen LogP contribution in [0.3, 0.4) is 0 Å². The monoisotopic (exact) mass is 330 g/mol. The van der Waals surface area contributed by atoms with Gasteiger partial charge in [-0.1, -0.05) is 5.16 Å². The molecule has 0 bridgehead atoms. The Bertz CT molecular complexity index is 836. The summed E-state index contributed by atoms with van der Waals surface area (Å²) in [4.78, 5) is 24.9. The van der Waals surface area contributed by atoms with Crippen molar-refractivity contribution in [3.05, 3.63) is 40.4 Å². The standard InChI is InChI=1S/C14H14N6O2S/c1-7-4-8(2)16-13(15-7)19-14-17-10(6-23-14)12(21)18-11-5-9(3)22-20-11/h4-6H,1-3H3,(H,18,20,21)(H,15,16,17,19). The Labute approximate surface area is 136 Å². The zero-order chi connectivity index (χ0) is 16.4. The number of anilines is 3. The van der Waals surface area contributed by atoms with Crippen LogP contribution in [0.25, 0.3) is 0 Å². The van der Waals surface area contributed by atoms with Gasteiger partial charge in [0, 0.05) is 22.8 Å². The largest absolute Gasteiger partial charge is 0.360 e. The Morgan fingerprint density at radius 1 is 1.13 bits per heavy atom. The molecule has 0 aliphatic carbocycles. The summed E-state index contributed by atoms with van der Waals surface area (Å²) in [5, 5.41) is 11.5. The van der Waals surface area contributed by atoms with Gasteiger partial charge in [0.25, 0.3) is 5.91 Å². The molecule has 0 aliphatic heterocycles. The number of aromatic nitrogens is 4. The summed E-state index contributed by atoms with van der Waals surface area (Å²) in [5.74, 6) is 1.07. The minimum Gasteiger partial charge on any atom is -0.360 e. The SMILES string of the molecule is Cc1cc(C)nc(Nc2nc(C(=O)Nc3cc(C)on3)cs2)n1. The second-order valence-corrected chi connectivity index (χ2v) is 5.77. The summed E-state index contributed by atoms with van der Waals surface area (Å²) < 4.78 is 4.90. The van der Waals surface area contributed by atoms with Crippen LogP contribution < -0.4 is 10.6 Å². The molecular formula is C14H14N6O2S. The second kappa shape index (κ2) is 6.13. The van der Waals surface area contributed by atoms with Crippen LogP contribution in [0.4, 0.5) is 16.9 Å². The molecule has 0 saturated carbocycles. The topological polar surface area (TPSA) is 106 Å². The minimum atomic E-state index is -0.357. The molecule has 3 heterocycles. The highest BCUT2D eigenvalue weighted by Gasteiger charge is 2.13. The number of aryl methyl sites for hydroxylation is 3. The molecule has 3 rings (SSSR count). The van der Waals surface area contributed by atoms with Crippen molar-refractivity contribution in [3.63, 3.8) is 0 Å². The van der Waals surface area contributed by atoms with Crippen molar-refractivity contribution < 1.29 is 9.32 Å². The average Bonchev–Trinajstić information content (AvgIpc) is 3.07. The van der Waals surface area contributed by atoms with Crippen molar-refractivity contribution in [2.24, 2.45) is 0 Å². The number of carbonyl (C=O) groups excluding carboxylic acids is 1. The Morgan fingerprint density at radius 2 is 1.87 bits per heavy atom. The molecule has 0 spiro atoms. The first-order chi connectivity index (χ1) is 11.0. The average molecular weight is 330 g/mol. The predicted octanol–water partition coefficient (Wildman–Crippen LogP) is 2.84. The maximum Gasteiger partial charge on any atom is 0.276 e. The van der Waals surface area contributed by atoms with Gasteiger partial charge in [0.2, 0.25) is 5.95 Å². The van der Waals surface area contributed by atoms with Crippen molar-refractivity contribution in [3.8, 4) is 0 Å². The van der Waals surface area contributed by atoms with Gasteiger partial charge in [-0.15, -0.1) is 11.3 Å². The lowest BCUT2D eigenvalue weighted by molar-refractivity contribution is 0.102. The van der Waals surface area contributed by atoms with Crippen molar-refractivity contribution in [2.75, 3.05) is 10.6 Å². The first kappa shape index (κ1) is 15.1. The van der Waals surface area contributed by atoms with Crippen LogP contribution in [0.2, 0.25) is 0 Å². The van der Waals surface area contributed by atoms with E-state index in [0.717, 1.165) is 11.4 Å². The fraction of sp³-hybridized carbons (Fsp3) is 0.214. The molecule has 0 fully saturated rings. The van der Waals surface area contributed by atoms with Gasteiger partial charge in [0.05, 0.1) is 0 Å². The van der Waals surface area contributed by atoms with Gasteiger partial charge < -0.3 is 15.2 Å². The van der Waals surface area contributed by atoms with E-state index in [1.54, 1.807) is 18.4 Å². The molecule has 3 aromatic rings. The van der Waals surface area contributed by atoms with Gasteiger partial charge in [0.1, 0.15) is 11.5 Å². The van der Waals surface area contributed by atoms with Gasteiger partial charge >= 0.3 is 0 Å². The Hall–Kier alpha value is -2.81. The van der Waals surface area contributed by atoms with Gasteiger partial charge in [-0.2, -0.15) is 0 Å². The Kier molecular flexibility index (Phi) is 4.02. The van der Waals surface area contributed by atoms with Crippen LogP contribution in [0.5, 0.6) is 0 Å². The van der Waals surface area contributed by atoms with Crippen molar-refractivity contribution >= 4 is 34.1 Å². The molecule has 0 aromatic carbocycles. The maximum atomic E-state index is 12.1. The molecule has 8 nitrogen and oxygen atoms in total. The molecule has 2 N–H and O–H groups in total. The summed E-state index contributed by atoms with van der Waals surface area (Å²) >= 11 is 1.29. The Morgan fingerprint density at radius 3 is 2.52 bits per heavy atom. The molecule has 0 radical (unpaired) electrons. The van der Waals surface area contributed by atoms with Crippen LogP contribution in [-0.4, -0.2) is 26.0 Å². The number of amides is 1. The molecule has 9 heteroatoms. The summed E-state index contributed by atoms with van der Waals surface area (Å²) in [6.07, 6.45) is 0. The normalized spacial score (nSPS) is 10.6. The summed E-state index contributed by atoms with van der Waals surface area (Å²) in [6.45, 7) is 5.53. The molecule has 118 valence electrons. The smallest absolute Gasteiger partial charge is 0.276 e. The molecule has 0 aliphatic rings. The number of rotatable bonds is 4. The predicted molar refractivity (Wildman–Crippen MR) is 86.1 cm³/mol. The third-order valence-electron chi connectivity index (χ3n) is 2.81. The highest BCUT2D eigenvalue weighted by molar-refractivity contribution is 7.14. The minimum absolute atomic E-state index is 0.280. The Balaban J connectivity index is 1.71. The van der Waals surface area contributed by atoms with E-state index in [2.05, 4.69) is 30.7 Å². The number of hydrogen-bond acceptors (Lipinski definition) is 8. The molecule has 0 unspecified atom stereocenters. The van der Waals surface area contributed by atoms with E-state index in [9.17, 15) is 4.79 Å². The van der Waals surface area contributed by atoms with E-state index in [0.29, 0.717) is 22.7 Å². The van der Waals surface area contributed by atoms with Gasteiger partial charge in [-0.25, -0.2) is 15.0 Å². The first-order valence-electron chi connectivity index (χ1n) is 6.79. The second-order valence-electron chi connectivity index (χ2n) is 4.91. The van der Waals surface area contributed by atoms with Gasteiger partial charge in [0.15, 0.2) is 10.9 Å². The fourth-order valence-corrected chi connectivity index (χ4v) is 2.60. The van der Waals surface area contributed by atoms with E-state index in [-0.39, 0.29) is 11.6 Å². The van der Waals surface area contributed by atoms with Crippen molar-refractivity contribution in [1.29, 1.82) is 0 Å². The van der Waals surface area contributed by atoms with Crippen molar-refractivity contribution in [2.45, 2.75) is 20.8 Å². The van der Waals surface area contributed by atoms with Crippen molar-refractivity contribution in [1.82, 2.24) is 20.1 Å². The maximum absolute atomic E-state index is 12.1. The molecule has 0 atom stereocenters. The lowest BCUT2D eigenvalue weighted by Crippen LogP contribution is -2.12. The number of carbonyl (C=O) groups is 1. The van der Waals surface area contributed by atoms with Gasteiger partial charge in [-0.3, -0.25) is 4.79 Å². The lowest BCUT2D eigenvalue weighted by atomic mass is 10.4. The molecule has 1 amide bonds. The van der Waals surface area contributed by atoms with E-state index in [1.165, 1.54) is 11.3 Å². The molecule has 3 aromatic heterocycles. The van der Waals surface area contributed by atoms with E-state index in [1.807, 2.05) is 19.9 Å². The van der Waals surface area contributed by atoms with E-state index >= 15 is 0 Å². The number of hydrogen-bond donors (Lipinski definition) is 2. The zero-order valence-electron chi connectivity index (χ0n) is 12.7. The highest BCUT2D eigenvalue weighted by atomic mass is 32.1. The number of thiazole rings is 1. The molecule has 0 saturated heterocycles. The van der Waals surface area contributed by atoms with Crippen LogP contribution in [0.15, 0.2) is 22.0 Å². The van der Waals surface area contributed by atoms with E-state index in [4.69, 9.17) is 4.52 Å². The molecular weight excluding hydrogens is 316 g/mol. The van der Waals surface area contributed by atoms with Crippen LogP contribution in [-0.2, 0) is 0 Å². The summed E-state index contributed by atoms with van der Waals surface area (Å²) in [5.41, 5.74) is 1.99. The zero-order valence-corrected chi connectivity index (χ0v) is 13.6. The summed E-state index contributed by atoms with van der Waals surface area (Å²) in [7, 11) is 0. The van der Waals surface area contributed by atoms with Crippen LogP contribution >= 0.6 is 11.3 Å². The fourth-order valence-electron chi connectivity index (χ4n) is 1.92. The highest BCUT2D eigenvalue weighted by Crippen LogP contribution is 2.20. The van der Waals surface area contributed by atoms with Gasteiger partial charge in [-0.05, 0) is 26.8 Å². The lowest BCUT2D eigenvalue weighted by Gasteiger charge is -2.03. The quantitative estimate of drug-likeness (QED) is 0.757. The van der Waals surface area contributed by atoms with Crippen LogP contribution in [0.1, 0.15) is 27.6 Å². The van der Waals surface area contributed by atoms with Crippen LogP contribution in [0, 0.1) is 20.8 Å².